The smallest absolute Gasteiger partial charge is 0.242 e. The average Bonchev–Trinajstić information content (AvgIpc) is 3.22. The van der Waals surface area contributed by atoms with Gasteiger partial charge in [0.05, 0.1) is 12.2 Å². The number of rotatable bonds is 7. The van der Waals surface area contributed by atoms with Gasteiger partial charge in [-0.3, -0.25) is 9.48 Å². The summed E-state index contributed by atoms with van der Waals surface area (Å²) in [7, 11) is 0. The van der Waals surface area contributed by atoms with Gasteiger partial charge in [0.25, 0.3) is 0 Å². The quantitative estimate of drug-likeness (QED) is 0.800. The second-order valence-corrected chi connectivity index (χ2v) is 7.12. The maximum Gasteiger partial charge on any atom is 0.242 e. The van der Waals surface area contributed by atoms with E-state index >= 15 is 0 Å². The van der Waals surface area contributed by atoms with Crippen LogP contribution < -0.4 is 10.6 Å². The van der Waals surface area contributed by atoms with Crippen molar-refractivity contribution in [3.63, 3.8) is 0 Å². The molecule has 0 bridgehead atoms. The Kier molecular flexibility index (Phi) is 5.86. The number of hydrogen-bond acceptors (Lipinski definition) is 5. The molecule has 2 aromatic heterocycles. The molecular formula is C18H27N5O2. The topological polar surface area (TPSA) is 85.0 Å². The van der Waals surface area contributed by atoms with Crippen molar-refractivity contribution in [3.8, 4) is 0 Å². The standard InChI is InChI=1S/C18H27N5O2/c1-13(2)8-15-9-16(25-22-15)11-20-18(24)12-23-17(5-7-21-23)14-4-3-6-19-10-14/h5,7,9,13-14,19H,3-4,6,8,10-12H2,1-2H3,(H,20,24)/t14-/m1/s1. The largest absolute Gasteiger partial charge is 0.359 e. The predicted molar refractivity (Wildman–Crippen MR) is 94.0 cm³/mol. The van der Waals surface area contributed by atoms with Crippen LogP contribution in [0.15, 0.2) is 22.9 Å². The molecule has 0 aliphatic carbocycles. The van der Waals surface area contributed by atoms with Crippen molar-refractivity contribution in [1.29, 1.82) is 0 Å². The summed E-state index contributed by atoms with van der Waals surface area (Å²) in [5, 5.41) is 14.6. The van der Waals surface area contributed by atoms with Crippen molar-refractivity contribution >= 4 is 5.91 Å². The second kappa shape index (κ2) is 8.29. The number of carbonyl (C=O) groups excluding carboxylic acids is 1. The molecule has 136 valence electrons. The van der Waals surface area contributed by atoms with Crippen LogP contribution in [0.4, 0.5) is 0 Å². The minimum Gasteiger partial charge on any atom is -0.359 e. The van der Waals surface area contributed by atoms with Gasteiger partial charge in [0.15, 0.2) is 5.76 Å². The van der Waals surface area contributed by atoms with Crippen LogP contribution in [0.25, 0.3) is 0 Å². The molecule has 0 spiro atoms. The van der Waals surface area contributed by atoms with Gasteiger partial charge in [0.2, 0.25) is 5.91 Å². The molecule has 1 aliphatic heterocycles. The van der Waals surface area contributed by atoms with Crippen molar-refractivity contribution in [2.45, 2.75) is 52.1 Å². The summed E-state index contributed by atoms with van der Waals surface area (Å²) in [6.07, 6.45) is 4.94. The van der Waals surface area contributed by atoms with Crippen molar-refractivity contribution in [1.82, 2.24) is 25.6 Å². The van der Waals surface area contributed by atoms with Crippen LogP contribution in [0, 0.1) is 5.92 Å². The molecule has 0 aromatic carbocycles. The minimum absolute atomic E-state index is 0.0736. The highest BCUT2D eigenvalue weighted by Gasteiger charge is 2.20. The lowest BCUT2D eigenvalue weighted by Gasteiger charge is -2.23. The normalized spacial score (nSPS) is 17.8. The molecule has 25 heavy (non-hydrogen) atoms. The van der Waals surface area contributed by atoms with Crippen molar-refractivity contribution in [2.24, 2.45) is 5.92 Å². The highest BCUT2D eigenvalue weighted by molar-refractivity contribution is 5.75. The molecule has 0 saturated carbocycles. The SMILES string of the molecule is CC(C)Cc1cc(CNC(=O)Cn2nccc2[C@@H]2CCCNC2)on1. The number of carbonyl (C=O) groups is 1. The highest BCUT2D eigenvalue weighted by Crippen LogP contribution is 2.22. The Labute approximate surface area is 148 Å². The van der Waals surface area contributed by atoms with Crippen LogP contribution in [0.2, 0.25) is 0 Å². The third kappa shape index (κ3) is 4.92. The number of nitrogens with zero attached hydrogens (tertiary/aromatic N) is 3. The van der Waals surface area contributed by atoms with Crippen molar-refractivity contribution in [2.75, 3.05) is 13.1 Å². The van der Waals surface area contributed by atoms with Gasteiger partial charge in [-0.05, 0) is 37.8 Å². The molecule has 7 heteroatoms. The summed E-state index contributed by atoms with van der Waals surface area (Å²) < 4.78 is 7.08. The van der Waals surface area contributed by atoms with E-state index in [1.54, 1.807) is 10.9 Å². The third-order valence-electron chi connectivity index (χ3n) is 4.44. The first-order valence-electron chi connectivity index (χ1n) is 9.05. The molecular weight excluding hydrogens is 318 g/mol. The maximum absolute atomic E-state index is 12.3. The first kappa shape index (κ1) is 17.7. The Hall–Kier alpha value is -2.15. The molecule has 7 nitrogen and oxygen atoms in total. The Balaban J connectivity index is 1.51. The molecule has 1 atom stereocenters. The summed E-state index contributed by atoms with van der Waals surface area (Å²) >= 11 is 0. The monoisotopic (exact) mass is 345 g/mol. The van der Waals surface area contributed by atoms with Crippen LogP contribution >= 0.6 is 0 Å². The maximum atomic E-state index is 12.3. The molecule has 1 fully saturated rings. The zero-order valence-electron chi connectivity index (χ0n) is 15.0. The molecule has 1 amide bonds. The lowest BCUT2D eigenvalue weighted by molar-refractivity contribution is -0.122. The van der Waals surface area contributed by atoms with Gasteiger partial charge in [-0.2, -0.15) is 5.10 Å². The first-order valence-corrected chi connectivity index (χ1v) is 9.05. The zero-order valence-corrected chi connectivity index (χ0v) is 15.0. The Morgan fingerprint density at radius 1 is 1.52 bits per heavy atom. The molecule has 3 rings (SSSR count). The van der Waals surface area contributed by atoms with E-state index in [1.165, 1.54) is 0 Å². The zero-order chi connectivity index (χ0) is 17.6. The van der Waals surface area contributed by atoms with Crippen LogP contribution in [0.3, 0.4) is 0 Å². The molecule has 1 aliphatic rings. The van der Waals surface area contributed by atoms with Gasteiger partial charge < -0.3 is 15.2 Å². The molecule has 3 heterocycles. The number of nitrogens with one attached hydrogen (secondary N) is 2. The van der Waals surface area contributed by atoms with E-state index in [1.807, 2.05) is 12.1 Å². The third-order valence-corrected chi connectivity index (χ3v) is 4.44. The first-order chi connectivity index (χ1) is 12.1. The van der Waals surface area contributed by atoms with Crippen LogP contribution in [-0.4, -0.2) is 33.9 Å². The van der Waals surface area contributed by atoms with E-state index in [-0.39, 0.29) is 12.5 Å². The van der Waals surface area contributed by atoms with Crippen molar-refractivity contribution in [3.05, 3.63) is 35.5 Å². The average molecular weight is 345 g/mol. The van der Waals surface area contributed by atoms with E-state index in [4.69, 9.17) is 4.52 Å². The fraction of sp³-hybridized carbons (Fsp3) is 0.611. The lowest BCUT2D eigenvalue weighted by Crippen LogP contribution is -2.32. The van der Waals surface area contributed by atoms with E-state index in [0.29, 0.717) is 24.1 Å². The van der Waals surface area contributed by atoms with Gasteiger partial charge in [-0.25, -0.2) is 0 Å². The van der Waals surface area contributed by atoms with Gasteiger partial charge in [-0.1, -0.05) is 19.0 Å². The van der Waals surface area contributed by atoms with E-state index in [9.17, 15) is 4.79 Å². The van der Waals surface area contributed by atoms with Crippen molar-refractivity contribution < 1.29 is 9.32 Å². The number of amides is 1. The molecule has 1 saturated heterocycles. The lowest BCUT2D eigenvalue weighted by atomic mass is 9.96. The molecule has 0 unspecified atom stereocenters. The Morgan fingerprint density at radius 3 is 3.16 bits per heavy atom. The molecule has 0 radical (unpaired) electrons. The summed E-state index contributed by atoms with van der Waals surface area (Å²) in [4.78, 5) is 12.3. The second-order valence-electron chi connectivity index (χ2n) is 7.12. The van der Waals surface area contributed by atoms with Gasteiger partial charge in [-0.15, -0.1) is 0 Å². The Bertz CT molecular complexity index is 685. The number of aromatic nitrogens is 3. The summed E-state index contributed by atoms with van der Waals surface area (Å²) in [5.74, 6) is 1.56. The molecule has 2 aromatic rings. The van der Waals surface area contributed by atoms with Crippen LogP contribution in [0.5, 0.6) is 0 Å². The fourth-order valence-corrected chi connectivity index (χ4v) is 3.26. The van der Waals surface area contributed by atoms with E-state index in [0.717, 1.165) is 43.7 Å². The van der Waals surface area contributed by atoms with Gasteiger partial charge >= 0.3 is 0 Å². The number of piperidine rings is 1. The van der Waals surface area contributed by atoms with Gasteiger partial charge in [0.1, 0.15) is 6.54 Å². The predicted octanol–water partition coefficient (Wildman–Crippen LogP) is 1.85. The fourth-order valence-electron chi connectivity index (χ4n) is 3.26. The Morgan fingerprint density at radius 2 is 2.40 bits per heavy atom. The summed E-state index contributed by atoms with van der Waals surface area (Å²) in [6, 6.07) is 3.92. The summed E-state index contributed by atoms with van der Waals surface area (Å²) in [6.45, 7) is 6.88. The number of hydrogen-bond donors (Lipinski definition) is 2. The van der Waals surface area contributed by atoms with Gasteiger partial charge in [0, 0.05) is 30.4 Å². The van der Waals surface area contributed by atoms with E-state index < -0.39 is 0 Å². The van der Waals surface area contributed by atoms with E-state index in [2.05, 4.69) is 34.7 Å². The molecule has 2 N–H and O–H groups in total. The minimum atomic E-state index is -0.0736. The van der Waals surface area contributed by atoms with Crippen LogP contribution in [-0.2, 0) is 24.3 Å². The highest BCUT2D eigenvalue weighted by atomic mass is 16.5. The van der Waals surface area contributed by atoms with Crippen LogP contribution in [0.1, 0.15) is 49.8 Å². The summed E-state index contributed by atoms with van der Waals surface area (Å²) in [5.41, 5.74) is 2.06.